The van der Waals surface area contributed by atoms with Crippen molar-refractivity contribution in [1.82, 2.24) is 5.32 Å². The molecule has 138 valence electrons. The Hall–Kier alpha value is -2.99. The van der Waals surface area contributed by atoms with Gasteiger partial charge in [0.05, 0.1) is 22.9 Å². The molecular weight excluding hydrogens is 344 g/mol. The van der Waals surface area contributed by atoms with Crippen molar-refractivity contribution in [2.75, 3.05) is 18.1 Å². The Morgan fingerprint density at radius 2 is 1.96 bits per heavy atom. The van der Waals surface area contributed by atoms with Crippen LogP contribution in [0.2, 0.25) is 0 Å². The second kappa shape index (κ2) is 6.96. The van der Waals surface area contributed by atoms with Gasteiger partial charge < -0.3 is 10.1 Å². The number of rotatable bonds is 4. The molecule has 2 heterocycles. The van der Waals surface area contributed by atoms with E-state index >= 15 is 0 Å². The average Bonchev–Trinajstić information content (AvgIpc) is 3.27. The first-order valence-corrected chi connectivity index (χ1v) is 9.04. The van der Waals surface area contributed by atoms with Crippen molar-refractivity contribution in [1.29, 1.82) is 0 Å². The van der Waals surface area contributed by atoms with Crippen LogP contribution in [0.4, 0.5) is 5.69 Å². The van der Waals surface area contributed by atoms with Crippen LogP contribution >= 0.6 is 0 Å². The molecule has 1 atom stereocenters. The fourth-order valence-electron chi connectivity index (χ4n) is 3.50. The highest BCUT2D eigenvalue weighted by Crippen LogP contribution is 2.29. The number of hydrogen-bond donors (Lipinski definition) is 1. The summed E-state index contributed by atoms with van der Waals surface area (Å²) in [6.07, 6.45) is 1.98. The quantitative estimate of drug-likeness (QED) is 0.847. The van der Waals surface area contributed by atoms with E-state index in [1.165, 1.54) is 6.07 Å². The molecule has 2 aliphatic heterocycles. The molecule has 4 rings (SSSR count). The molecule has 2 aliphatic rings. The predicted octanol–water partition coefficient (Wildman–Crippen LogP) is 2.70. The first-order valence-electron chi connectivity index (χ1n) is 9.04. The summed E-state index contributed by atoms with van der Waals surface area (Å²) in [5, 5.41) is 2.83. The van der Waals surface area contributed by atoms with Gasteiger partial charge >= 0.3 is 0 Å². The summed E-state index contributed by atoms with van der Waals surface area (Å²) in [5.41, 5.74) is 2.42. The number of carbonyl (C=O) groups is 3. The Kier molecular flexibility index (Phi) is 4.49. The smallest absolute Gasteiger partial charge is 0.266 e. The predicted molar refractivity (Wildman–Crippen MR) is 100 cm³/mol. The number of anilines is 1. The van der Waals surface area contributed by atoms with Gasteiger partial charge in [-0.05, 0) is 55.7 Å². The zero-order chi connectivity index (χ0) is 19.0. The van der Waals surface area contributed by atoms with E-state index < -0.39 is 5.91 Å². The van der Waals surface area contributed by atoms with E-state index in [4.69, 9.17) is 4.74 Å². The molecule has 0 aliphatic carbocycles. The van der Waals surface area contributed by atoms with E-state index in [2.05, 4.69) is 5.32 Å². The van der Waals surface area contributed by atoms with Crippen LogP contribution in [0.25, 0.3) is 0 Å². The zero-order valence-corrected chi connectivity index (χ0v) is 15.0. The van der Waals surface area contributed by atoms with E-state index in [1.807, 2.05) is 13.0 Å². The summed E-state index contributed by atoms with van der Waals surface area (Å²) in [6, 6.07) is 11.8. The van der Waals surface area contributed by atoms with Crippen molar-refractivity contribution in [3.63, 3.8) is 0 Å². The molecule has 0 radical (unpaired) electrons. The number of aryl methyl sites for hydroxylation is 1. The standard InChI is InChI=1S/C21H20N2O4/c1-13-4-2-5-15(10-13)23-20(25)17-8-7-14(11-18(17)21(23)26)19(24)22-12-16-6-3-9-27-16/h2,4-5,7-8,10-11,16H,3,6,9,12H2,1H3,(H,22,24)/t16-/m1/s1. The molecule has 1 saturated heterocycles. The number of nitrogens with zero attached hydrogens (tertiary/aromatic N) is 1. The summed E-state index contributed by atoms with van der Waals surface area (Å²) >= 11 is 0. The largest absolute Gasteiger partial charge is 0.376 e. The fraction of sp³-hybridized carbons (Fsp3) is 0.286. The first-order chi connectivity index (χ1) is 13.0. The van der Waals surface area contributed by atoms with Crippen molar-refractivity contribution in [2.45, 2.75) is 25.9 Å². The topological polar surface area (TPSA) is 75.7 Å². The SMILES string of the molecule is Cc1cccc(N2C(=O)c3ccc(C(=O)NC[C@H]4CCCO4)cc3C2=O)c1. The van der Waals surface area contributed by atoms with Crippen LogP contribution in [-0.4, -0.2) is 37.0 Å². The third kappa shape index (κ3) is 3.24. The molecule has 2 aromatic carbocycles. The van der Waals surface area contributed by atoms with Gasteiger partial charge in [-0.15, -0.1) is 0 Å². The average molecular weight is 364 g/mol. The maximum atomic E-state index is 12.8. The molecule has 0 spiro atoms. The molecule has 0 aromatic heterocycles. The number of ether oxygens (including phenoxy) is 1. The van der Waals surface area contributed by atoms with Gasteiger partial charge in [0.15, 0.2) is 0 Å². The number of fused-ring (bicyclic) bond motifs is 1. The summed E-state index contributed by atoms with van der Waals surface area (Å²) in [7, 11) is 0. The van der Waals surface area contributed by atoms with Crippen molar-refractivity contribution in [2.24, 2.45) is 0 Å². The Bertz CT molecular complexity index is 932. The molecule has 1 fully saturated rings. The lowest BCUT2D eigenvalue weighted by molar-refractivity contribution is 0.0857. The number of amides is 3. The normalized spacial score (nSPS) is 18.7. The van der Waals surface area contributed by atoms with Gasteiger partial charge in [-0.3, -0.25) is 14.4 Å². The van der Waals surface area contributed by atoms with Crippen LogP contribution in [-0.2, 0) is 4.74 Å². The number of hydrogen-bond acceptors (Lipinski definition) is 4. The van der Waals surface area contributed by atoms with Crippen LogP contribution in [0.3, 0.4) is 0 Å². The molecule has 6 heteroatoms. The van der Waals surface area contributed by atoms with Gasteiger partial charge in [-0.2, -0.15) is 0 Å². The fourth-order valence-corrected chi connectivity index (χ4v) is 3.50. The second-order valence-electron chi connectivity index (χ2n) is 6.89. The van der Waals surface area contributed by atoms with Gasteiger partial charge in [0, 0.05) is 18.7 Å². The summed E-state index contributed by atoms with van der Waals surface area (Å²) in [4.78, 5) is 39.1. The van der Waals surface area contributed by atoms with Gasteiger partial charge in [-0.1, -0.05) is 12.1 Å². The summed E-state index contributed by atoms with van der Waals surface area (Å²) in [5.74, 6) is -1.05. The molecular formula is C21H20N2O4. The molecule has 1 N–H and O–H groups in total. The van der Waals surface area contributed by atoms with Gasteiger partial charge in [-0.25, -0.2) is 4.90 Å². The number of imide groups is 1. The lowest BCUT2D eigenvalue weighted by Crippen LogP contribution is -2.31. The molecule has 6 nitrogen and oxygen atoms in total. The molecule has 0 bridgehead atoms. The molecule has 0 unspecified atom stereocenters. The first kappa shape index (κ1) is 17.4. The van der Waals surface area contributed by atoms with E-state index in [9.17, 15) is 14.4 Å². The Labute approximate surface area is 157 Å². The Morgan fingerprint density at radius 3 is 2.70 bits per heavy atom. The van der Waals surface area contributed by atoms with Crippen LogP contribution < -0.4 is 10.2 Å². The highest BCUT2D eigenvalue weighted by molar-refractivity contribution is 6.34. The number of benzene rings is 2. The summed E-state index contributed by atoms with van der Waals surface area (Å²) in [6.45, 7) is 3.07. The number of nitrogens with one attached hydrogen (secondary N) is 1. The van der Waals surface area contributed by atoms with E-state index in [0.29, 0.717) is 23.4 Å². The highest BCUT2D eigenvalue weighted by atomic mass is 16.5. The van der Waals surface area contributed by atoms with Crippen LogP contribution in [0.5, 0.6) is 0 Å². The van der Waals surface area contributed by atoms with E-state index in [1.54, 1.807) is 30.3 Å². The Morgan fingerprint density at radius 1 is 1.15 bits per heavy atom. The van der Waals surface area contributed by atoms with E-state index in [0.717, 1.165) is 29.9 Å². The van der Waals surface area contributed by atoms with Gasteiger partial charge in [0.1, 0.15) is 0 Å². The maximum absolute atomic E-state index is 12.8. The minimum atomic E-state index is -0.408. The third-order valence-electron chi connectivity index (χ3n) is 4.92. The third-order valence-corrected chi connectivity index (χ3v) is 4.92. The number of carbonyl (C=O) groups excluding carboxylic acids is 3. The van der Waals surface area contributed by atoms with Gasteiger partial charge in [0.2, 0.25) is 0 Å². The molecule has 0 saturated carbocycles. The van der Waals surface area contributed by atoms with Gasteiger partial charge in [0.25, 0.3) is 17.7 Å². The monoisotopic (exact) mass is 364 g/mol. The van der Waals surface area contributed by atoms with Crippen molar-refractivity contribution >= 4 is 23.4 Å². The minimum Gasteiger partial charge on any atom is -0.376 e. The lowest BCUT2D eigenvalue weighted by atomic mass is 10.1. The molecule has 27 heavy (non-hydrogen) atoms. The maximum Gasteiger partial charge on any atom is 0.266 e. The van der Waals surface area contributed by atoms with Crippen LogP contribution in [0.1, 0.15) is 49.5 Å². The van der Waals surface area contributed by atoms with E-state index in [-0.39, 0.29) is 23.5 Å². The zero-order valence-electron chi connectivity index (χ0n) is 15.0. The van der Waals surface area contributed by atoms with Crippen molar-refractivity contribution in [3.8, 4) is 0 Å². The second-order valence-corrected chi connectivity index (χ2v) is 6.89. The minimum absolute atomic E-state index is 0.0448. The van der Waals surface area contributed by atoms with Crippen molar-refractivity contribution < 1.29 is 19.1 Å². The lowest BCUT2D eigenvalue weighted by Gasteiger charge is -2.14. The van der Waals surface area contributed by atoms with Crippen LogP contribution in [0, 0.1) is 6.92 Å². The summed E-state index contributed by atoms with van der Waals surface area (Å²) < 4.78 is 5.50. The molecule has 2 aromatic rings. The Balaban J connectivity index is 1.56. The van der Waals surface area contributed by atoms with Crippen molar-refractivity contribution in [3.05, 3.63) is 64.7 Å². The molecule has 3 amide bonds. The highest BCUT2D eigenvalue weighted by Gasteiger charge is 2.37. The van der Waals surface area contributed by atoms with Crippen LogP contribution in [0.15, 0.2) is 42.5 Å².